The highest BCUT2D eigenvalue weighted by molar-refractivity contribution is 6.42. The van der Waals surface area contributed by atoms with E-state index in [1.54, 1.807) is 35.2 Å². The van der Waals surface area contributed by atoms with E-state index in [1.807, 2.05) is 18.2 Å². The molecule has 1 N–H and O–H groups in total. The summed E-state index contributed by atoms with van der Waals surface area (Å²) in [7, 11) is 0. The van der Waals surface area contributed by atoms with Gasteiger partial charge in [-0.25, -0.2) is 0 Å². The van der Waals surface area contributed by atoms with Crippen molar-refractivity contribution < 1.29 is 9.72 Å². The summed E-state index contributed by atoms with van der Waals surface area (Å²) in [6, 6.07) is 18.8. The number of aromatic nitrogens is 1. The van der Waals surface area contributed by atoms with Crippen molar-refractivity contribution >= 4 is 45.7 Å². The molecule has 1 aliphatic rings. The van der Waals surface area contributed by atoms with Gasteiger partial charge in [-0.15, -0.1) is 0 Å². The SMILES string of the molecule is O=C(c1ccc(Cl)c(Cl)c1)N1CCc2c([nH]c3ccccc23)[C@@H]1c1ccc([N+](=O)[O-])cc1. The lowest BCUT2D eigenvalue weighted by Gasteiger charge is -2.36. The number of fused-ring (bicyclic) bond motifs is 3. The Kier molecular flexibility index (Phi) is 5.12. The zero-order valence-electron chi connectivity index (χ0n) is 16.7. The molecular formula is C24H17Cl2N3O3. The fourth-order valence-corrected chi connectivity index (χ4v) is 4.68. The molecule has 5 rings (SSSR count). The lowest BCUT2D eigenvalue weighted by molar-refractivity contribution is -0.384. The maximum atomic E-state index is 13.5. The molecule has 0 radical (unpaired) electrons. The molecule has 0 saturated heterocycles. The molecule has 0 fully saturated rings. The van der Waals surface area contributed by atoms with Crippen LogP contribution >= 0.6 is 23.2 Å². The van der Waals surface area contributed by atoms with Gasteiger partial charge in [0.1, 0.15) is 0 Å². The molecule has 1 aromatic heterocycles. The number of benzene rings is 3. The maximum Gasteiger partial charge on any atom is 0.269 e. The van der Waals surface area contributed by atoms with Gasteiger partial charge in [0.05, 0.1) is 21.0 Å². The zero-order chi connectivity index (χ0) is 22.4. The van der Waals surface area contributed by atoms with Crippen LogP contribution in [0.2, 0.25) is 10.0 Å². The highest BCUT2D eigenvalue weighted by Crippen LogP contribution is 2.39. The van der Waals surface area contributed by atoms with E-state index in [4.69, 9.17) is 23.2 Å². The minimum absolute atomic E-state index is 0.00351. The standard InChI is InChI=1S/C24H17Cl2N3O3/c25-19-10-7-15(13-20(19)26)24(30)28-12-11-18-17-3-1-2-4-21(17)27-22(18)23(28)14-5-8-16(9-6-14)29(31)32/h1-10,13,23,27H,11-12H2/t23-/m0/s1. The Morgan fingerprint density at radius 2 is 1.78 bits per heavy atom. The van der Waals surface area contributed by atoms with E-state index in [2.05, 4.69) is 11.1 Å². The quantitative estimate of drug-likeness (QED) is 0.290. The van der Waals surface area contributed by atoms with Crippen molar-refractivity contribution in [2.75, 3.05) is 6.54 Å². The van der Waals surface area contributed by atoms with Crippen molar-refractivity contribution in [2.24, 2.45) is 0 Å². The number of hydrogen-bond donors (Lipinski definition) is 1. The summed E-state index contributed by atoms with van der Waals surface area (Å²) in [5, 5.41) is 12.9. The summed E-state index contributed by atoms with van der Waals surface area (Å²) in [4.78, 5) is 29.5. The second-order valence-electron chi connectivity index (χ2n) is 7.69. The molecule has 0 unspecified atom stereocenters. The van der Waals surface area contributed by atoms with E-state index in [0.29, 0.717) is 28.6 Å². The molecule has 1 atom stereocenters. The van der Waals surface area contributed by atoms with Crippen molar-refractivity contribution in [3.63, 3.8) is 0 Å². The van der Waals surface area contributed by atoms with Crippen LogP contribution in [0.25, 0.3) is 10.9 Å². The number of nitro groups is 1. The van der Waals surface area contributed by atoms with E-state index >= 15 is 0 Å². The van der Waals surface area contributed by atoms with Crippen LogP contribution < -0.4 is 0 Å². The topological polar surface area (TPSA) is 79.2 Å². The van der Waals surface area contributed by atoms with Crippen molar-refractivity contribution in [1.82, 2.24) is 9.88 Å². The van der Waals surface area contributed by atoms with Gasteiger partial charge in [0.2, 0.25) is 0 Å². The van der Waals surface area contributed by atoms with E-state index < -0.39 is 11.0 Å². The van der Waals surface area contributed by atoms with Gasteiger partial charge in [0, 0.05) is 40.8 Å². The number of nitrogens with one attached hydrogen (secondary N) is 1. The third kappa shape index (κ3) is 3.42. The number of carbonyl (C=O) groups is 1. The van der Waals surface area contributed by atoms with Crippen molar-refractivity contribution in [2.45, 2.75) is 12.5 Å². The summed E-state index contributed by atoms with van der Waals surface area (Å²) in [6.45, 7) is 0.496. The number of nitro benzene ring substituents is 1. The minimum Gasteiger partial charge on any atom is -0.356 e. The lowest BCUT2D eigenvalue weighted by atomic mass is 9.91. The normalized spacial score (nSPS) is 15.6. The first kappa shape index (κ1) is 20.5. The summed E-state index contributed by atoms with van der Waals surface area (Å²) >= 11 is 12.2. The molecule has 8 heteroatoms. The first-order valence-corrected chi connectivity index (χ1v) is 10.8. The van der Waals surface area contributed by atoms with Crippen LogP contribution in [0, 0.1) is 10.1 Å². The van der Waals surface area contributed by atoms with Crippen LogP contribution in [0.5, 0.6) is 0 Å². The first-order valence-electron chi connectivity index (χ1n) is 10.0. The van der Waals surface area contributed by atoms with E-state index in [0.717, 1.165) is 27.7 Å². The molecule has 0 aliphatic carbocycles. The Balaban J connectivity index is 1.64. The van der Waals surface area contributed by atoms with Gasteiger partial charge >= 0.3 is 0 Å². The van der Waals surface area contributed by atoms with Gasteiger partial charge in [-0.3, -0.25) is 14.9 Å². The fourth-order valence-electron chi connectivity index (χ4n) is 4.38. The highest BCUT2D eigenvalue weighted by Gasteiger charge is 2.35. The number of H-pyrrole nitrogens is 1. The first-order chi connectivity index (χ1) is 15.4. The van der Waals surface area contributed by atoms with Gasteiger partial charge < -0.3 is 9.88 Å². The smallest absolute Gasteiger partial charge is 0.269 e. The average molecular weight is 466 g/mol. The maximum absolute atomic E-state index is 13.5. The molecule has 1 aliphatic heterocycles. The molecular weight excluding hydrogens is 449 g/mol. The largest absolute Gasteiger partial charge is 0.356 e. The van der Waals surface area contributed by atoms with Gasteiger partial charge in [-0.1, -0.05) is 41.4 Å². The lowest BCUT2D eigenvalue weighted by Crippen LogP contribution is -2.40. The summed E-state index contributed by atoms with van der Waals surface area (Å²) < 4.78 is 0. The Morgan fingerprint density at radius 1 is 1.03 bits per heavy atom. The number of para-hydroxylation sites is 1. The fraction of sp³-hybridized carbons (Fsp3) is 0.125. The number of non-ortho nitro benzene ring substituents is 1. The van der Waals surface area contributed by atoms with Crippen LogP contribution in [0.3, 0.4) is 0 Å². The molecule has 32 heavy (non-hydrogen) atoms. The number of hydrogen-bond acceptors (Lipinski definition) is 3. The Bertz CT molecular complexity index is 1360. The molecule has 3 aromatic carbocycles. The van der Waals surface area contributed by atoms with Gasteiger partial charge in [0.15, 0.2) is 0 Å². The molecule has 160 valence electrons. The van der Waals surface area contributed by atoms with E-state index in [-0.39, 0.29) is 11.6 Å². The van der Waals surface area contributed by atoms with Gasteiger partial charge in [0.25, 0.3) is 11.6 Å². The third-order valence-electron chi connectivity index (χ3n) is 5.88. The third-order valence-corrected chi connectivity index (χ3v) is 6.62. The molecule has 0 spiro atoms. The number of rotatable bonds is 3. The van der Waals surface area contributed by atoms with Crippen molar-refractivity contribution in [1.29, 1.82) is 0 Å². The monoisotopic (exact) mass is 465 g/mol. The Labute approximate surface area is 193 Å². The molecule has 0 saturated carbocycles. The molecule has 0 bridgehead atoms. The molecule has 2 heterocycles. The Morgan fingerprint density at radius 3 is 2.50 bits per heavy atom. The Hall–Kier alpha value is -3.35. The van der Waals surface area contributed by atoms with Gasteiger partial charge in [-0.2, -0.15) is 0 Å². The van der Waals surface area contributed by atoms with Crippen molar-refractivity contribution in [3.8, 4) is 0 Å². The zero-order valence-corrected chi connectivity index (χ0v) is 18.2. The van der Waals surface area contributed by atoms with Crippen LogP contribution in [-0.2, 0) is 6.42 Å². The van der Waals surface area contributed by atoms with Gasteiger partial charge in [-0.05, 0) is 53.9 Å². The van der Waals surface area contributed by atoms with Crippen LogP contribution in [0.15, 0.2) is 66.7 Å². The van der Waals surface area contributed by atoms with E-state index in [1.165, 1.54) is 12.1 Å². The summed E-state index contributed by atoms with van der Waals surface area (Å²) in [5.74, 6) is -0.184. The number of amides is 1. The van der Waals surface area contributed by atoms with Crippen LogP contribution in [-0.4, -0.2) is 27.3 Å². The molecule has 4 aromatic rings. The number of aromatic amines is 1. The second kappa shape index (κ2) is 7.97. The van der Waals surface area contributed by atoms with Crippen LogP contribution in [0.1, 0.15) is 33.2 Å². The summed E-state index contributed by atoms with van der Waals surface area (Å²) in [6.07, 6.45) is 0.690. The highest BCUT2D eigenvalue weighted by atomic mass is 35.5. The average Bonchev–Trinajstić information content (AvgIpc) is 3.18. The van der Waals surface area contributed by atoms with Crippen LogP contribution in [0.4, 0.5) is 5.69 Å². The predicted molar refractivity (Wildman–Crippen MR) is 124 cm³/mol. The minimum atomic E-state index is -0.433. The second-order valence-corrected chi connectivity index (χ2v) is 8.51. The number of carbonyl (C=O) groups excluding carboxylic acids is 1. The van der Waals surface area contributed by atoms with E-state index in [9.17, 15) is 14.9 Å². The summed E-state index contributed by atoms with van der Waals surface area (Å²) in [5.41, 5.74) is 4.29. The predicted octanol–water partition coefficient (Wildman–Crippen LogP) is 6.17. The number of nitrogens with zero attached hydrogens (tertiary/aromatic N) is 2. The van der Waals surface area contributed by atoms with Crippen molar-refractivity contribution in [3.05, 3.63) is 109 Å². The molecule has 6 nitrogen and oxygen atoms in total. The molecule has 1 amide bonds. The number of halogens is 2.